The highest BCUT2D eigenvalue weighted by Gasteiger charge is 2.29. The molecular formula is C13H20N4O. The minimum absolute atomic E-state index is 0.0129. The first kappa shape index (κ1) is 11.6. The predicted molar refractivity (Wildman–Crippen MR) is 70.5 cm³/mol. The maximum absolute atomic E-state index is 12.3. The minimum atomic E-state index is 0.0129. The summed E-state index contributed by atoms with van der Waals surface area (Å²) in [4.78, 5) is 14.5. The lowest BCUT2D eigenvalue weighted by Crippen LogP contribution is -2.37. The summed E-state index contributed by atoms with van der Waals surface area (Å²) in [6.07, 6.45) is 5.22. The smallest absolute Gasteiger partial charge is 0.268 e. The summed E-state index contributed by atoms with van der Waals surface area (Å²) in [6, 6.07) is 2.53. The maximum Gasteiger partial charge on any atom is 0.268 e. The summed E-state index contributed by atoms with van der Waals surface area (Å²) in [7, 11) is 2.08. The molecule has 2 aliphatic rings. The average molecular weight is 248 g/mol. The molecule has 1 aromatic heterocycles. The van der Waals surface area contributed by atoms with Gasteiger partial charge < -0.3 is 20.5 Å². The van der Waals surface area contributed by atoms with Gasteiger partial charge in [-0.15, -0.1) is 0 Å². The number of hydrogen-bond acceptors (Lipinski definition) is 3. The Bertz CT molecular complexity index is 464. The largest absolute Gasteiger partial charge is 0.397 e. The van der Waals surface area contributed by atoms with Gasteiger partial charge in [0.15, 0.2) is 0 Å². The first-order chi connectivity index (χ1) is 8.63. The van der Waals surface area contributed by atoms with E-state index in [4.69, 9.17) is 5.73 Å². The van der Waals surface area contributed by atoms with Crippen LogP contribution in [0.15, 0.2) is 12.3 Å². The van der Waals surface area contributed by atoms with Crippen molar-refractivity contribution in [3.63, 3.8) is 0 Å². The Kier molecular flexibility index (Phi) is 2.78. The molecule has 1 saturated carbocycles. The third-order valence-electron chi connectivity index (χ3n) is 3.77. The number of nitrogens with two attached hydrogens (primary N) is 1. The number of carbonyl (C=O) groups excluding carboxylic acids is 1. The fourth-order valence-electron chi connectivity index (χ4n) is 2.65. The molecule has 2 fully saturated rings. The van der Waals surface area contributed by atoms with Gasteiger partial charge >= 0.3 is 0 Å². The van der Waals surface area contributed by atoms with Crippen molar-refractivity contribution in [2.24, 2.45) is 0 Å². The van der Waals surface area contributed by atoms with Gasteiger partial charge in [0.2, 0.25) is 0 Å². The van der Waals surface area contributed by atoms with Crippen molar-refractivity contribution < 1.29 is 4.79 Å². The van der Waals surface area contributed by atoms with Crippen molar-refractivity contribution in [1.29, 1.82) is 0 Å². The number of amides is 1. The van der Waals surface area contributed by atoms with Gasteiger partial charge in [0.05, 0.1) is 5.69 Å². The first-order valence-corrected chi connectivity index (χ1v) is 6.60. The molecule has 1 aliphatic carbocycles. The lowest BCUT2D eigenvalue weighted by molar-refractivity contribution is 0.0929. The van der Waals surface area contributed by atoms with Crippen LogP contribution >= 0.6 is 0 Å². The second kappa shape index (κ2) is 4.31. The van der Waals surface area contributed by atoms with E-state index in [-0.39, 0.29) is 11.9 Å². The molecule has 5 nitrogen and oxygen atoms in total. The van der Waals surface area contributed by atoms with Crippen LogP contribution in [0.4, 0.5) is 5.69 Å². The van der Waals surface area contributed by atoms with E-state index in [9.17, 15) is 4.79 Å². The van der Waals surface area contributed by atoms with E-state index in [2.05, 4.69) is 17.3 Å². The molecule has 3 rings (SSSR count). The first-order valence-electron chi connectivity index (χ1n) is 6.60. The molecule has 0 aromatic carbocycles. The number of nitrogens with one attached hydrogen (secondary N) is 1. The van der Waals surface area contributed by atoms with Crippen LogP contribution in [-0.4, -0.2) is 41.6 Å². The molecule has 1 aliphatic heterocycles. The zero-order chi connectivity index (χ0) is 12.7. The van der Waals surface area contributed by atoms with Gasteiger partial charge in [-0.05, 0) is 38.9 Å². The molecule has 3 N–H and O–H groups in total. The number of carbonyl (C=O) groups is 1. The molecule has 1 saturated heterocycles. The number of likely N-dealkylation sites (N-methyl/N-ethyl adjacent to an activating group) is 1. The number of anilines is 1. The second-order valence-electron chi connectivity index (χ2n) is 5.52. The zero-order valence-corrected chi connectivity index (χ0v) is 10.7. The standard InChI is InChI=1S/C13H20N4O/c1-16-5-4-10(8-16)15-13(18)12-6-9(14)7-17(12)11-2-3-11/h6-7,10-11H,2-5,8,14H2,1H3,(H,15,18). The van der Waals surface area contributed by atoms with Gasteiger partial charge in [0.25, 0.3) is 5.91 Å². The molecule has 98 valence electrons. The van der Waals surface area contributed by atoms with Crippen LogP contribution in [0.3, 0.4) is 0 Å². The van der Waals surface area contributed by atoms with E-state index in [1.54, 1.807) is 6.07 Å². The van der Waals surface area contributed by atoms with Gasteiger partial charge in [-0.2, -0.15) is 0 Å². The molecule has 1 unspecified atom stereocenters. The highest BCUT2D eigenvalue weighted by molar-refractivity contribution is 5.94. The van der Waals surface area contributed by atoms with Crippen molar-refractivity contribution in [2.45, 2.75) is 31.3 Å². The van der Waals surface area contributed by atoms with E-state index < -0.39 is 0 Å². The Hall–Kier alpha value is -1.49. The van der Waals surface area contributed by atoms with Crippen molar-refractivity contribution in [1.82, 2.24) is 14.8 Å². The summed E-state index contributed by atoms with van der Waals surface area (Å²) >= 11 is 0. The quantitative estimate of drug-likeness (QED) is 0.833. The van der Waals surface area contributed by atoms with Crippen molar-refractivity contribution >= 4 is 11.6 Å². The number of rotatable bonds is 3. The van der Waals surface area contributed by atoms with E-state index in [0.29, 0.717) is 17.4 Å². The molecule has 18 heavy (non-hydrogen) atoms. The van der Waals surface area contributed by atoms with Crippen molar-refractivity contribution in [2.75, 3.05) is 25.9 Å². The molecule has 1 atom stereocenters. The lowest BCUT2D eigenvalue weighted by atomic mass is 10.2. The number of nitrogens with zero attached hydrogens (tertiary/aromatic N) is 2. The Morgan fingerprint density at radius 3 is 2.83 bits per heavy atom. The molecule has 0 bridgehead atoms. The van der Waals surface area contributed by atoms with Crippen molar-refractivity contribution in [3.8, 4) is 0 Å². The Labute approximate surface area is 107 Å². The fourth-order valence-corrected chi connectivity index (χ4v) is 2.65. The summed E-state index contributed by atoms with van der Waals surface area (Å²) in [6.45, 7) is 1.99. The van der Waals surface area contributed by atoms with Gasteiger partial charge in [0.1, 0.15) is 5.69 Å². The summed E-state index contributed by atoms with van der Waals surface area (Å²) in [5.41, 5.74) is 7.19. The van der Waals surface area contributed by atoms with E-state index in [0.717, 1.165) is 32.4 Å². The molecule has 1 aromatic rings. The van der Waals surface area contributed by atoms with Gasteiger partial charge in [0, 0.05) is 24.8 Å². The molecule has 0 spiro atoms. The number of likely N-dealkylation sites (tertiary alicyclic amines) is 1. The normalized spacial score (nSPS) is 24.4. The highest BCUT2D eigenvalue weighted by Crippen LogP contribution is 2.37. The minimum Gasteiger partial charge on any atom is -0.397 e. The van der Waals surface area contributed by atoms with Crippen LogP contribution in [0.1, 0.15) is 35.8 Å². The fraction of sp³-hybridized carbons (Fsp3) is 0.615. The van der Waals surface area contributed by atoms with Gasteiger partial charge in [-0.3, -0.25) is 4.79 Å². The lowest BCUT2D eigenvalue weighted by Gasteiger charge is -2.14. The molecule has 0 radical (unpaired) electrons. The van der Waals surface area contributed by atoms with E-state index in [1.165, 1.54) is 0 Å². The molecular weight excluding hydrogens is 228 g/mol. The topological polar surface area (TPSA) is 63.3 Å². The maximum atomic E-state index is 12.3. The average Bonchev–Trinajstić information content (AvgIpc) is 2.98. The molecule has 1 amide bonds. The Morgan fingerprint density at radius 2 is 2.22 bits per heavy atom. The van der Waals surface area contributed by atoms with Crippen LogP contribution in [0.5, 0.6) is 0 Å². The third kappa shape index (κ3) is 2.22. The summed E-state index contributed by atoms with van der Waals surface area (Å²) in [5.74, 6) is 0.0129. The van der Waals surface area contributed by atoms with Gasteiger partial charge in [-0.1, -0.05) is 0 Å². The monoisotopic (exact) mass is 248 g/mol. The second-order valence-corrected chi connectivity index (χ2v) is 5.52. The van der Waals surface area contributed by atoms with Crippen LogP contribution in [-0.2, 0) is 0 Å². The summed E-state index contributed by atoms with van der Waals surface area (Å²) < 4.78 is 2.03. The van der Waals surface area contributed by atoms with Gasteiger partial charge in [-0.25, -0.2) is 0 Å². The summed E-state index contributed by atoms with van der Waals surface area (Å²) in [5, 5.41) is 3.10. The number of hydrogen-bond donors (Lipinski definition) is 2. The predicted octanol–water partition coefficient (Wildman–Crippen LogP) is 0.839. The SMILES string of the molecule is CN1CCC(NC(=O)c2cc(N)cn2C2CC2)C1. The van der Waals surface area contributed by atoms with Crippen LogP contribution in [0, 0.1) is 0 Å². The molecule has 5 heteroatoms. The van der Waals surface area contributed by atoms with Crippen LogP contribution in [0.2, 0.25) is 0 Å². The van der Waals surface area contributed by atoms with Crippen LogP contribution in [0.25, 0.3) is 0 Å². The molecule has 2 heterocycles. The Balaban J connectivity index is 1.71. The Morgan fingerprint density at radius 1 is 1.44 bits per heavy atom. The van der Waals surface area contributed by atoms with E-state index in [1.807, 2.05) is 10.8 Å². The van der Waals surface area contributed by atoms with E-state index >= 15 is 0 Å². The van der Waals surface area contributed by atoms with Crippen LogP contribution < -0.4 is 11.1 Å². The number of aromatic nitrogens is 1. The zero-order valence-electron chi connectivity index (χ0n) is 10.7. The highest BCUT2D eigenvalue weighted by atomic mass is 16.2. The number of nitrogen functional groups attached to an aromatic ring is 1. The van der Waals surface area contributed by atoms with Crippen molar-refractivity contribution in [3.05, 3.63) is 18.0 Å². The third-order valence-corrected chi connectivity index (χ3v) is 3.77.